The van der Waals surface area contributed by atoms with Gasteiger partial charge in [-0.1, -0.05) is 38.1 Å². The highest BCUT2D eigenvalue weighted by Crippen LogP contribution is 2.35. The van der Waals surface area contributed by atoms with Crippen molar-refractivity contribution in [2.75, 3.05) is 4.72 Å². The van der Waals surface area contributed by atoms with E-state index in [2.05, 4.69) is 6.07 Å². The average Bonchev–Trinajstić information content (AvgIpc) is 2.46. The van der Waals surface area contributed by atoms with Crippen molar-refractivity contribution in [1.29, 1.82) is 0 Å². The van der Waals surface area contributed by atoms with Gasteiger partial charge >= 0.3 is 6.18 Å². The number of hydrogen-bond acceptors (Lipinski definition) is 2. The quantitative estimate of drug-likeness (QED) is 0.857. The number of anilines is 1. The van der Waals surface area contributed by atoms with Gasteiger partial charge in [-0.2, -0.15) is 13.2 Å². The summed E-state index contributed by atoms with van der Waals surface area (Å²) in [5.41, 5.74) is -0.757. The van der Waals surface area contributed by atoms with E-state index in [1.54, 1.807) is 6.07 Å². The molecule has 0 atom stereocenters. The Morgan fingerprint density at radius 1 is 1.17 bits per heavy atom. The Balaban J connectivity index is 2.37. The molecule has 0 saturated heterocycles. The Hall–Kier alpha value is -2.02. The lowest BCUT2D eigenvalue weighted by atomic mass is 10.0. The Morgan fingerprint density at radius 2 is 1.83 bits per heavy atom. The Bertz CT molecular complexity index is 815. The van der Waals surface area contributed by atoms with Gasteiger partial charge < -0.3 is 0 Å². The van der Waals surface area contributed by atoms with Crippen LogP contribution >= 0.6 is 0 Å². The summed E-state index contributed by atoms with van der Waals surface area (Å²) in [5.74, 6) is 0.321. The summed E-state index contributed by atoms with van der Waals surface area (Å²) in [6.45, 7) is 3.98. The summed E-state index contributed by atoms with van der Waals surface area (Å²) in [4.78, 5) is -0.183. The van der Waals surface area contributed by atoms with Crippen LogP contribution in [0.1, 0.15) is 25.0 Å². The van der Waals surface area contributed by atoms with E-state index < -0.39 is 27.5 Å². The summed E-state index contributed by atoms with van der Waals surface area (Å²) in [6, 6.07) is 11.7. The molecule has 0 unspecified atom stereocenters. The van der Waals surface area contributed by atoms with E-state index in [9.17, 15) is 21.6 Å². The lowest BCUT2D eigenvalue weighted by Crippen LogP contribution is -2.17. The zero-order valence-electron chi connectivity index (χ0n) is 13.2. The van der Waals surface area contributed by atoms with Gasteiger partial charge in [-0.15, -0.1) is 0 Å². The monoisotopic (exact) mass is 356 g/mol. The van der Waals surface area contributed by atoms with Crippen molar-refractivity contribution < 1.29 is 21.6 Å². The first-order chi connectivity index (χ1) is 11.1. The van der Waals surface area contributed by atoms with Crippen molar-refractivity contribution in [3.8, 4) is 0 Å². The number of rotatable bonds is 5. The summed E-state index contributed by atoms with van der Waals surface area (Å²) in [5, 5.41) is 0. The van der Waals surface area contributed by atoms with E-state index in [-0.39, 0.29) is 4.90 Å². The fourth-order valence-electron chi connectivity index (χ4n) is 2.26. The molecule has 2 rings (SSSR count). The minimum Gasteiger partial charge on any atom is -0.279 e. The molecule has 1 N–H and O–H groups in total. The van der Waals surface area contributed by atoms with Gasteiger partial charge in [-0.25, -0.2) is 8.42 Å². The molecule has 0 aliphatic rings. The Morgan fingerprint density at radius 3 is 2.46 bits per heavy atom. The van der Waals surface area contributed by atoms with Gasteiger partial charge in [0.2, 0.25) is 0 Å². The normalized spacial score (nSPS) is 12.4. The average molecular weight is 356 g/mol. The van der Waals surface area contributed by atoms with Crippen LogP contribution in [0.2, 0.25) is 0 Å². The second kappa shape index (κ2) is 6.84. The highest BCUT2D eigenvalue weighted by atomic mass is 32.2. The van der Waals surface area contributed by atoms with E-state index in [1.807, 2.05) is 18.6 Å². The van der Waals surface area contributed by atoms with Crippen LogP contribution in [0.3, 0.4) is 0 Å². The van der Waals surface area contributed by atoms with E-state index >= 15 is 0 Å². The number of para-hydroxylation sites is 1. The van der Waals surface area contributed by atoms with Crippen LogP contribution in [0.15, 0.2) is 47.4 Å². The van der Waals surface area contributed by atoms with E-state index in [1.165, 1.54) is 24.3 Å². The molecule has 0 saturated carbocycles. The molecule has 2 aromatic carbocycles. The minimum absolute atomic E-state index is 0.183. The van der Waals surface area contributed by atoms with Crippen LogP contribution in [-0.4, -0.2) is 8.42 Å². The maximum Gasteiger partial charge on any atom is 0.418 e. The second-order valence-corrected chi connectivity index (χ2v) is 7.46. The summed E-state index contributed by atoms with van der Waals surface area (Å²) < 4.78 is 65.8. The fraction of sp³-hybridized carbons (Fsp3) is 0.294. The number of hydrogen-bond donors (Lipinski definition) is 1. The number of halogens is 3. The van der Waals surface area contributed by atoms with Crippen molar-refractivity contribution in [1.82, 2.24) is 0 Å². The zero-order chi connectivity index (χ0) is 18.0. The number of benzene rings is 2. The molecule has 0 fully saturated rings. The molecule has 0 aliphatic carbocycles. The summed E-state index contributed by atoms with van der Waals surface area (Å²) >= 11 is 0. The van der Waals surface area contributed by atoms with Gasteiger partial charge in [-0.3, -0.25) is 4.72 Å². The van der Waals surface area contributed by atoms with Crippen LogP contribution < -0.4 is 4.72 Å². The van der Waals surface area contributed by atoms with Crippen molar-refractivity contribution in [3.05, 3.63) is 59.7 Å². The van der Waals surface area contributed by atoms with Crippen LogP contribution in [0.5, 0.6) is 0 Å². The van der Waals surface area contributed by atoms with E-state index in [4.69, 9.17) is 0 Å². The molecule has 3 nitrogen and oxygen atoms in total. The van der Waals surface area contributed by atoms with Gasteiger partial charge in [0.1, 0.15) is 0 Å². The molecule has 2 aromatic rings. The molecule has 0 spiro atoms. The molecule has 7 heteroatoms. The van der Waals surface area contributed by atoms with E-state index in [0.717, 1.165) is 17.7 Å². The van der Waals surface area contributed by atoms with Gasteiger partial charge in [0.15, 0.2) is 0 Å². The third-order valence-electron chi connectivity index (χ3n) is 3.25. The standard InChI is InChI=1S/C17H17F3NO2S/c1-12(2)10-13-6-5-7-14(11-13)24(22,23)21-16-9-4-3-8-15(16)17(18,19)20/h3-6,8-9,11-12,21H,10H2,1-2H3. The first-order valence-corrected chi connectivity index (χ1v) is 8.77. The maximum atomic E-state index is 13.0. The summed E-state index contributed by atoms with van der Waals surface area (Å²) in [7, 11) is -4.16. The first kappa shape index (κ1) is 18.3. The largest absolute Gasteiger partial charge is 0.418 e. The van der Waals surface area contributed by atoms with Gasteiger partial charge in [0, 0.05) is 6.07 Å². The zero-order valence-corrected chi connectivity index (χ0v) is 14.0. The van der Waals surface area contributed by atoms with Crippen molar-refractivity contribution in [2.24, 2.45) is 5.92 Å². The molecule has 129 valence electrons. The van der Waals surface area contributed by atoms with Gasteiger partial charge in [0.05, 0.1) is 16.1 Å². The SMILES string of the molecule is CC(C)Cc1cc[c]c(S(=O)(=O)Nc2ccccc2C(F)(F)F)c1. The first-order valence-electron chi connectivity index (χ1n) is 7.29. The van der Waals surface area contributed by atoms with Crippen molar-refractivity contribution in [3.63, 3.8) is 0 Å². The lowest BCUT2D eigenvalue weighted by Gasteiger charge is -2.15. The third kappa shape index (κ3) is 4.50. The van der Waals surface area contributed by atoms with E-state index in [0.29, 0.717) is 12.3 Å². The van der Waals surface area contributed by atoms with Crippen molar-refractivity contribution in [2.45, 2.75) is 31.3 Å². The fourth-order valence-corrected chi connectivity index (χ4v) is 3.37. The molecule has 24 heavy (non-hydrogen) atoms. The summed E-state index contributed by atoms with van der Waals surface area (Å²) in [6.07, 6.45) is -3.99. The Kier molecular flexibility index (Phi) is 5.22. The maximum absolute atomic E-state index is 13.0. The molecular weight excluding hydrogens is 339 g/mol. The highest BCUT2D eigenvalue weighted by molar-refractivity contribution is 7.92. The van der Waals surface area contributed by atoms with Gasteiger partial charge in [0.25, 0.3) is 10.0 Å². The number of sulfonamides is 1. The second-order valence-electron chi connectivity index (χ2n) is 5.81. The molecular formula is C17H17F3NO2S. The van der Waals surface area contributed by atoms with Gasteiger partial charge in [-0.05, 0) is 36.1 Å². The predicted molar refractivity (Wildman–Crippen MR) is 86.1 cm³/mol. The lowest BCUT2D eigenvalue weighted by molar-refractivity contribution is -0.136. The Labute approximate surface area is 139 Å². The molecule has 1 radical (unpaired) electrons. The topological polar surface area (TPSA) is 46.2 Å². The number of nitrogens with one attached hydrogen (secondary N) is 1. The van der Waals surface area contributed by atoms with Crippen LogP contribution in [-0.2, 0) is 22.6 Å². The molecule has 0 aliphatic heterocycles. The van der Waals surface area contributed by atoms with Crippen LogP contribution in [0, 0.1) is 12.0 Å². The number of alkyl halides is 3. The predicted octanol–water partition coefficient (Wildman–Crippen LogP) is 4.50. The molecule has 0 amide bonds. The highest BCUT2D eigenvalue weighted by Gasteiger charge is 2.34. The molecule has 0 bridgehead atoms. The van der Waals surface area contributed by atoms with Crippen LogP contribution in [0.4, 0.5) is 18.9 Å². The van der Waals surface area contributed by atoms with Crippen LogP contribution in [0.25, 0.3) is 0 Å². The molecule has 0 heterocycles. The third-order valence-corrected chi connectivity index (χ3v) is 4.55. The molecule has 0 aromatic heterocycles. The smallest absolute Gasteiger partial charge is 0.279 e. The minimum atomic E-state index is -4.65. The van der Waals surface area contributed by atoms with Crippen molar-refractivity contribution >= 4 is 15.7 Å².